The van der Waals surface area contributed by atoms with Gasteiger partial charge in [-0.25, -0.2) is 4.98 Å². The fraction of sp³-hybridized carbons (Fsp3) is 0.692. The Hall–Kier alpha value is -0.650. The molecule has 2 rings (SSSR count). The van der Waals surface area contributed by atoms with Gasteiger partial charge in [-0.1, -0.05) is 0 Å². The molecule has 0 aromatic carbocycles. The van der Waals surface area contributed by atoms with E-state index in [2.05, 4.69) is 15.3 Å². The molecule has 5 heteroatoms. The van der Waals surface area contributed by atoms with Crippen molar-refractivity contribution in [2.24, 2.45) is 5.92 Å². The van der Waals surface area contributed by atoms with Crippen molar-refractivity contribution in [1.82, 2.24) is 15.3 Å². The van der Waals surface area contributed by atoms with Gasteiger partial charge in [-0.05, 0) is 44.5 Å². The second-order valence-corrected chi connectivity index (χ2v) is 5.36. The number of hydrogen-bond acceptors (Lipinski definition) is 5. The highest BCUT2D eigenvalue weighted by atomic mass is 32.2. The molecule has 1 fully saturated rings. The van der Waals surface area contributed by atoms with Gasteiger partial charge in [0, 0.05) is 19.0 Å². The molecule has 0 saturated carbocycles. The number of thioether (sulfide) groups is 1. The van der Waals surface area contributed by atoms with Crippen LogP contribution in [0.2, 0.25) is 0 Å². The summed E-state index contributed by atoms with van der Waals surface area (Å²) in [5, 5.41) is 4.40. The van der Waals surface area contributed by atoms with E-state index >= 15 is 0 Å². The quantitative estimate of drug-likeness (QED) is 0.632. The largest absolute Gasteiger partial charge is 0.375 e. The summed E-state index contributed by atoms with van der Waals surface area (Å²) in [7, 11) is 0. The molecule has 1 aliphatic heterocycles. The molecule has 1 unspecified atom stereocenters. The maximum atomic E-state index is 5.72. The Labute approximate surface area is 113 Å². The Morgan fingerprint density at radius 3 is 3.11 bits per heavy atom. The minimum atomic E-state index is 0.574. The Kier molecular flexibility index (Phi) is 5.90. The first kappa shape index (κ1) is 13.8. The van der Waals surface area contributed by atoms with E-state index in [1.54, 1.807) is 24.2 Å². The number of rotatable bonds is 6. The highest BCUT2D eigenvalue weighted by Crippen LogP contribution is 2.17. The molecule has 1 N–H and O–H groups in total. The van der Waals surface area contributed by atoms with E-state index < -0.39 is 0 Å². The monoisotopic (exact) mass is 267 g/mol. The first-order chi connectivity index (χ1) is 8.90. The second kappa shape index (κ2) is 7.71. The molecule has 100 valence electrons. The zero-order chi connectivity index (χ0) is 12.6. The molecule has 18 heavy (non-hydrogen) atoms. The first-order valence-electron chi connectivity index (χ1n) is 6.52. The van der Waals surface area contributed by atoms with Crippen LogP contribution in [0.1, 0.15) is 25.0 Å². The van der Waals surface area contributed by atoms with Gasteiger partial charge in [-0.15, -0.1) is 11.8 Å². The topological polar surface area (TPSA) is 47.0 Å². The Morgan fingerprint density at radius 1 is 1.44 bits per heavy atom. The van der Waals surface area contributed by atoms with Gasteiger partial charge in [0.2, 0.25) is 0 Å². The zero-order valence-corrected chi connectivity index (χ0v) is 11.7. The number of aromatic nitrogens is 2. The summed E-state index contributed by atoms with van der Waals surface area (Å²) in [6.07, 6.45) is 9.23. The molecule has 1 aromatic rings. The van der Waals surface area contributed by atoms with Crippen LogP contribution in [-0.2, 0) is 11.3 Å². The Morgan fingerprint density at radius 2 is 2.33 bits per heavy atom. The molecule has 0 bridgehead atoms. The van der Waals surface area contributed by atoms with Crippen LogP contribution in [0, 0.1) is 5.92 Å². The van der Waals surface area contributed by atoms with Crippen molar-refractivity contribution < 1.29 is 4.74 Å². The summed E-state index contributed by atoms with van der Waals surface area (Å²) in [6.45, 7) is 3.71. The zero-order valence-electron chi connectivity index (χ0n) is 10.9. The third kappa shape index (κ3) is 4.23. The molecule has 1 atom stereocenters. The van der Waals surface area contributed by atoms with Crippen molar-refractivity contribution >= 4 is 11.8 Å². The number of nitrogens with zero attached hydrogens (tertiary/aromatic N) is 2. The van der Waals surface area contributed by atoms with Gasteiger partial charge in [0.1, 0.15) is 5.03 Å². The maximum Gasteiger partial charge on any atom is 0.120 e. The van der Waals surface area contributed by atoms with E-state index in [4.69, 9.17) is 4.74 Å². The molecule has 0 spiro atoms. The normalized spacial score (nSPS) is 19.9. The van der Waals surface area contributed by atoms with E-state index in [1.165, 1.54) is 19.4 Å². The molecule has 1 saturated heterocycles. The summed E-state index contributed by atoms with van der Waals surface area (Å²) in [6, 6.07) is 0. The van der Waals surface area contributed by atoms with Crippen LogP contribution in [0.5, 0.6) is 0 Å². The fourth-order valence-electron chi connectivity index (χ4n) is 2.21. The molecular formula is C13H21N3OS. The van der Waals surface area contributed by atoms with Gasteiger partial charge in [-0.3, -0.25) is 4.98 Å². The average Bonchev–Trinajstić information content (AvgIpc) is 2.45. The van der Waals surface area contributed by atoms with E-state index in [-0.39, 0.29) is 0 Å². The lowest BCUT2D eigenvalue weighted by Crippen LogP contribution is -2.30. The lowest BCUT2D eigenvalue weighted by Gasteiger charge is -2.22. The Balaban J connectivity index is 1.68. The average molecular weight is 267 g/mol. The standard InChI is InChI=1S/C13H21N3OS/c1-18-13-12(15-6-7-16-13)10-17-8-4-11-3-2-5-14-9-11/h6-7,11,14H,2-5,8-10H2,1H3. The van der Waals surface area contributed by atoms with Gasteiger partial charge in [-0.2, -0.15) is 0 Å². The van der Waals surface area contributed by atoms with Crippen LogP contribution in [0.4, 0.5) is 0 Å². The maximum absolute atomic E-state index is 5.72. The van der Waals surface area contributed by atoms with Gasteiger partial charge >= 0.3 is 0 Å². The van der Waals surface area contributed by atoms with Crippen LogP contribution in [0.25, 0.3) is 0 Å². The van der Waals surface area contributed by atoms with Crippen molar-refractivity contribution in [3.63, 3.8) is 0 Å². The number of piperidine rings is 1. The van der Waals surface area contributed by atoms with E-state index in [9.17, 15) is 0 Å². The summed E-state index contributed by atoms with van der Waals surface area (Å²) in [5.41, 5.74) is 0.951. The number of ether oxygens (including phenoxy) is 1. The molecule has 4 nitrogen and oxygen atoms in total. The van der Waals surface area contributed by atoms with Crippen LogP contribution in [0.3, 0.4) is 0 Å². The second-order valence-electron chi connectivity index (χ2n) is 4.57. The minimum Gasteiger partial charge on any atom is -0.375 e. The van der Waals surface area contributed by atoms with Crippen LogP contribution >= 0.6 is 11.8 Å². The first-order valence-corrected chi connectivity index (χ1v) is 7.75. The van der Waals surface area contributed by atoms with E-state index in [0.29, 0.717) is 6.61 Å². The third-order valence-electron chi connectivity index (χ3n) is 3.24. The van der Waals surface area contributed by atoms with Crippen molar-refractivity contribution in [1.29, 1.82) is 0 Å². The van der Waals surface area contributed by atoms with Crippen LogP contribution < -0.4 is 5.32 Å². The van der Waals surface area contributed by atoms with E-state index in [0.717, 1.165) is 36.2 Å². The van der Waals surface area contributed by atoms with Gasteiger partial charge in [0.15, 0.2) is 0 Å². The Bertz CT molecular complexity index is 356. The highest BCUT2D eigenvalue weighted by Gasteiger charge is 2.12. The van der Waals surface area contributed by atoms with Crippen LogP contribution in [0.15, 0.2) is 17.4 Å². The molecule has 2 heterocycles. The van der Waals surface area contributed by atoms with Crippen LogP contribution in [-0.4, -0.2) is 35.9 Å². The summed E-state index contributed by atoms with van der Waals surface area (Å²) >= 11 is 1.62. The smallest absolute Gasteiger partial charge is 0.120 e. The lowest BCUT2D eigenvalue weighted by molar-refractivity contribution is 0.0992. The van der Waals surface area contributed by atoms with Crippen molar-refractivity contribution in [3.8, 4) is 0 Å². The fourth-order valence-corrected chi connectivity index (χ4v) is 2.73. The molecule has 0 aliphatic carbocycles. The lowest BCUT2D eigenvalue weighted by atomic mass is 9.97. The van der Waals surface area contributed by atoms with Crippen molar-refractivity contribution in [2.45, 2.75) is 30.9 Å². The summed E-state index contributed by atoms with van der Waals surface area (Å²) < 4.78 is 5.72. The molecular weight excluding hydrogens is 246 g/mol. The van der Waals surface area contributed by atoms with Gasteiger partial charge < -0.3 is 10.1 Å². The predicted octanol–water partition coefficient (Wildman–Crippen LogP) is 2.10. The predicted molar refractivity (Wildman–Crippen MR) is 73.7 cm³/mol. The SMILES string of the molecule is CSc1nccnc1COCCC1CCCNC1. The molecule has 1 aromatic heterocycles. The minimum absolute atomic E-state index is 0.574. The molecule has 0 radical (unpaired) electrons. The van der Waals surface area contributed by atoms with Gasteiger partial charge in [0.05, 0.1) is 12.3 Å². The molecule has 0 amide bonds. The van der Waals surface area contributed by atoms with Gasteiger partial charge in [0.25, 0.3) is 0 Å². The van der Waals surface area contributed by atoms with Crippen molar-refractivity contribution in [2.75, 3.05) is 26.0 Å². The van der Waals surface area contributed by atoms with E-state index in [1.807, 2.05) is 6.26 Å². The summed E-state index contributed by atoms with van der Waals surface area (Å²) in [5.74, 6) is 0.778. The van der Waals surface area contributed by atoms with Crippen molar-refractivity contribution in [3.05, 3.63) is 18.1 Å². The molecule has 1 aliphatic rings. The number of hydrogen-bond donors (Lipinski definition) is 1. The number of nitrogens with one attached hydrogen (secondary N) is 1. The summed E-state index contributed by atoms with van der Waals surface area (Å²) in [4.78, 5) is 8.59. The third-order valence-corrected chi connectivity index (χ3v) is 3.96. The highest BCUT2D eigenvalue weighted by molar-refractivity contribution is 7.98.